The van der Waals surface area contributed by atoms with E-state index in [1.807, 2.05) is 6.92 Å². The van der Waals surface area contributed by atoms with Crippen molar-refractivity contribution in [3.8, 4) is 0 Å². The summed E-state index contributed by atoms with van der Waals surface area (Å²) in [7, 11) is 0. The Morgan fingerprint density at radius 3 is 2.75 bits per heavy atom. The second-order valence-electron chi connectivity index (χ2n) is 5.65. The molecule has 2 N–H and O–H groups in total. The molecule has 1 aliphatic carbocycles. The lowest BCUT2D eigenvalue weighted by molar-refractivity contribution is -0.134. The Morgan fingerprint density at radius 1 is 1.38 bits per heavy atom. The van der Waals surface area contributed by atoms with Crippen LogP contribution >= 0.6 is 0 Å². The summed E-state index contributed by atoms with van der Waals surface area (Å²) in [6.45, 7) is 6.07. The molecule has 2 fully saturated rings. The average molecular weight is 224 g/mol. The number of nitrogens with two attached hydrogens (primary N) is 1. The normalized spacial score (nSPS) is 35.9. The first-order valence-electron chi connectivity index (χ1n) is 6.66. The summed E-state index contributed by atoms with van der Waals surface area (Å²) in [6, 6.07) is 0.375. The van der Waals surface area contributed by atoms with Gasteiger partial charge in [0.15, 0.2) is 0 Å². The molecule has 2 aliphatic rings. The van der Waals surface area contributed by atoms with E-state index in [0.29, 0.717) is 17.9 Å². The number of fused-ring (bicyclic) bond motifs is 1. The molecule has 1 heterocycles. The van der Waals surface area contributed by atoms with Crippen LogP contribution in [-0.4, -0.2) is 29.9 Å². The number of amides is 1. The van der Waals surface area contributed by atoms with Crippen LogP contribution < -0.4 is 5.73 Å². The summed E-state index contributed by atoms with van der Waals surface area (Å²) in [4.78, 5) is 14.2. The zero-order chi connectivity index (χ0) is 11.7. The van der Waals surface area contributed by atoms with E-state index in [4.69, 9.17) is 5.73 Å². The first kappa shape index (κ1) is 11.9. The van der Waals surface area contributed by atoms with Crippen molar-refractivity contribution in [1.29, 1.82) is 0 Å². The molecule has 0 aromatic rings. The smallest absolute Gasteiger partial charge is 0.225 e. The van der Waals surface area contributed by atoms with Gasteiger partial charge in [-0.05, 0) is 37.5 Å². The van der Waals surface area contributed by atoms with Crippen LogP contribution in [0.3, 0.4) is 0 Å². The lowest BCUT2D eigenvalue weighted by Gasteiger charge is -2.27. The SMILES string of the molecule is CCC(C)C(=O)N1C[C@H]2CCC(N)C[C@H]2C1. The Balaban J connectivity index is 1.94. The van der Waals surface area contributed by atoms with Gasteiger partial charge in [0.05, 0.1) is 0 Å². The number of nitrogens with zero attached hydrogens (tertiary/aromatic N) is 1. The van der Waals surface area contributed by atoms with E-state index in [9.17, 15) is 4.79 Å². The van der Waals surface area contributed by atoms with Crippen LogP contribution in [0.25, 0.3) is 0 Å². The van der Waals surface area contributed by atoms with Gasteiger partial charge in [-0.1, -0.05) is 13.8 Å². The molecular formula is C13H24N2O. The third kappa shape index (κ3) is 2.24. The number of rotatable bonds is 2. The molecule has 0 aromatic carbocycles. The zero-order valence-electron chi connectivity index (χ0n) is 10.5. The predicted octanol–water partition coefficient (Wildman–Crippen LogP) is 1.62. The molecule has 2 rings (SSSR count). The van der Waals surface area contributed by atoms with Gasteiger partial charge in [0, 0.05) is 25.0 Å². The Kier molecular flexibility index (Phi) is 3.53. The van der Waals surface area contributed by atoms with Gasteiger partial charge < -0.3 is 10.6 Å². The maximum Gasteiger partial charge on any atom is 0.225 e. The van der Waals surface area contributed by atoms with Crippen molar-refractivity contribution in [3.05, 3.63) is 0 Å². The van der Waals surface area contributed by atoms with Crippen molar-refractivity contribution in [2.75, 3.05) is 13.1 Å². The molecular weight excluding hydrogens is 200 g/mol. The quantitative estimate of drug-likeness (QED) is 0.774. The molecule has 0 bridgehead atoms. The summed E-state index contributed by atoms with van der Waals surface area (Å²) in [6.07, 6.45) is 4.43. The van der Waals surface area contributed by atoms with Crippen molar-refractivity contribution < 1.29 is 4.79 Å². The number of hydrogen-bond donors (Lipinski definition) is 1. The number of carbonyl (C=O) groups excluding carboxylic acids is 1. The zero-order valence-corrected chi connectivity index (χ0v) is 10.5. The fourth-order valence-corrected chi connectivity index (χ4v) is 3.13. The molecule has 0 spiro atoms. The minimum Gasteiger partial charge on any atom is -0.342 e. The van der Waals surface area contributed by atoms with Gasteiger partial charge in [-0.15, -0.1) is 0 Å². The van der Waals surface area contributed by atoms with Crippen LogP contribution in [-0.2, 0) is 4.79 Å². The highest BCUT2D eigenvalue weighted by molar-refractivity contribution is 5.78. The van der Waals surface area contributed by atoms with E-state index in [1.54, 1.807) is 0 Å². The molecule has 16 heavy (non-hydrogen) atoms. The van der Waals surface area contributed by atoms with Crippen molar-refractivity contribution in [2.45, 2.75) is 45.6 Å². The molecule has 1 aliphatic heterocycles. The van der Waals surface area contributed by atoms with Gasteiger partial charge in [0.2, 0.25) is 5.91 Å². The van der Waals surface area contributed by atoms with E-state index in [1.165, 1.54) is 6.42 Å². The molecule has 2 unspecified atom stereocenters. The highest BCUT2D eigenvalue weighted by atomic mass is 16.2. The fraction of sp³-hybridized carbons (Fsp3) is 0.923. The van der Waals surface area contributed by atoms with E-state index in [2.05, 4.69) is 11.8 Å². The number of carbonyl (C=O) groups is 1. The van der Waals surface area contributed by atoms with Crippen LogP contribution in [0.15, 0.2) is 0 Å². The monoisotopic (exact) mass is 224 g/mol. The summed E-state index contributed by atoms with van der Waals surface area (Å²) < 4.78 is 0. The Morgan fingerprint density at radius 2 is 2.06 bits per heavy atom. The van der Waals surface area contributed by atoms with Crippen LogP contribution in [0.1, 0.15) is 39.5 Å². The standard InChI is InChI=1S/C13H24N2O/c1-3-9(2)13(16)15-7-10-4-5-12(14)6-11(10)8-15/h9-12H,3-8,14H2,1-2H3/t9?,10-,11+,12?/m1/s1. The maximum absolute atomic E-state index is 12.1. The van der Waals surface area contributed by atoms with Gasteiger partial charge in [0.1, 0.15) is 0 Å². The highest BCUT2D eigenvalue weighted by Gasteiger charge is 2.39. The van der Waals surface area contributed by atoms with Gasteiger partial charge in [-0.3, -0.25) is 4.79 Å². The van der Waals surface area contributed by atoms with Crippen LogP contribution in [0.2, 0.25) is 0 Å². The first-order valence-corrected chi connectivity index (χ1v) is 6.66. The minimum atomic E-state index is 0.189. The largest absolute Gasteiger partial charge is 0.342 e. The predicted molar refractivity (Wildman–Crippen MR) is 64.8 cm³/mol. The number of hydrogen-bond acceptors (Lipinski definition) is 2. The van der Waals surface area contributed by atoms with Crippen molar-refractivity contribution in [3.63, 3.8) is 0 Å². The minimum absolute atomic E-state index is 0.189. The Bertz CT molecular complexity index is 267. The van der Waals surface area contributed by atoms with Gasteiger partial charge in [-0.2, -0.15) is 0 Å². The topological polar surface area (TPSA) is 46.3 Å². The summed E-state index contributed by atoms with van der Waals surface area (Å²) in [5, 5.41) is 0. The van der Waals surface area contributed by atoms with E-state index < -0.39 is 0 Å². The van der Waals surface area contributed by atoms with Crippen LogP contribution in [0, 0.1) is 17.8 Å². The third-order valence-corrected chi connectivity index (χ3v) is 4.44. The Hall–Kier alpha value is -0.570. The van der Waals surface area contributed by atoms with Crippen molar-refractivity contribution in [1.82, 2.24) is 4.90 Å². The maximum atomic E-state index is 12.1. The lowest BCUT2D eigenvalue weighted by atomic mass is 9.79. The molecule has 1 saturated carbocycles. The van der Waals surface area contributed by atoms with E-state index in [0.717, 1.165) is 38.3 Å². The molecule has 0 aromatic heterocycles. The fourth-order valence-electron chi connectivity index (χ4n) is 3.13. The van der Waals surface area contributed by atoms with Gasteiger partial charge in [0.25, 0.3) is 0 Å². The van der Waals surface area contributed by atoms with Gasteiger partial charge >= 0.3 is 0 Å². The van der Waals surface area contributed by atoms with Crippen molar-refractivity contribution in [2.24, 2.45) is 23.5 Å². The lowest BCUT2D eigenvalue weighted by Crippen LogP contribution is -2.33. The van der Waals surface area contributed by atoms with Crippen LogP contribution in [0.5, 0.6) is 0 Å². The van der Waals surface area contributed by atoms with Crippen molar-refractivity contribution >= 4 is 5.91 Å². The summed E-state index contributed by atoms with van der Waals surface area (Å²) in [5.41, 5.74) is 5.99. The average Bonchev–Trinajstić information content (AvgIpc) is 2.69. The molecule has 4 atom stereocenters. The summed E-state index contributed by atoms with van der Waals surface area (Å²) in [5.74, 6) is 1.95. The highest BCUT2D eigenvalue weighted by Crippen LogP contribution is 2.36. The van der Waals surface area contributed by atoms with E-state index in [-0.39, 0.29) is 5.92 Å². The molecule has 1 amide bonds. The Labute approximate surface area is 98.4 Å². The van der Waals surface area contributed by atoms with E-state index >= 15 is 0 Å². The first-order chi connectivity index (χ1) is 7.61. The van der Waals surface area contributed by atoms with Crippen LogP contribution in [0.4, 0.5) is 0 Å². The molecule has 92 valence electrons. The molecule has 0 radical (unpaired) electrons. The van der Waals surface area contributed by atoms with Gasteiger partial charge in [-0.25, -0.2) is 0 Å². The summed E-state index contributed by atoms with van der Waals surface area (Å²) >= 11 is 0. The molecule has 1 saturated heterocycles. The molecule has 3 nitrogen and oxygen atoms in total. The second-order valence-corrected chi connectivity index (χ2v) is 5.65. The number of likely N-dealkylation sites (tertiary alicyclic amines) is 1. The molecule has 3 heteroatoms. The second kappa shape index (κ2) is 4.74. The third-order valence-electron chi connectivity index (χ3n) is 4.44.